The maximum atomic E-state index is 10.5. The van der Waals surface area contributed by atoms with Gasteiger partial charge in [0, 0.05) is 11.4 Å². The lowest BCUT2D eigenvalue weighted by Gasteiger charge is -2.11. The predicted octanol–water partition coefficient (Wildman–Crippen LogP) is 4.40. The van der Waals surface area contributed by atoms with Gasteiger partial charge in [-0.15, -0.1) is 10.2 Å². The van der Waals surface area contributed by atoms with Gasteiger partial charge in [-0.3, -0.25) is 0 Å². The third kappa shape index (κ3) is 4.35. The molecule has 2 aromatic heterocycles. The average Bonchev–Trinajstić information content (AvgIpc) is 3.29. The molecule has 4 aromatic rings. The van der Waals surface area contributed by atoms with Gasteiger partial charge in [0.2, 0.25) is 5.13 Å². The van der Waals surface area contributed by atoms with E-state index < -0.39 is 6.10 Å². The van der Waals surface area contributed by atoms with Crippen LogP contribution in [0.25, 0.3) is 11.0 Å². The van der Waals surface area contributed by atoms with Gasteiger partial charge in [-0.05, 0) is 49.2 Å². The summed E-state index contributed by atoms with van der Waals surface area (Å²) < 4.78 is 2.84. The molecule has 144 valence electrons. The number of aliphatic hydroxyl groups excluding tert-OH is 1. The fourth-order valence-corrected chi connectivity index (χ4v) is 4.58. The summed E-state index contributed by atoms with van der Waals surface area (Å²) in [6.45, 7) is 4.68. The third-order valence-corrected chi connectivity index (χ3v) is 6.59. The molecular formula is C20H21N5OS2. The highest BCUT2D eigenvalue weighted by molar-refractivity contribution is 8.01. The number of aromatic nitrogens is 4. The number of aryl methyl sites for hydroxylation is 2. The van der Waals surface area contributed by atoms with Crippen LogP contribution in [0.1, 0.15) is 11.1 Å². The van der Waals surface area contributed by atoms with Gasteiger partial charge in [0.05, 0.1) is 30.0 Å². The van der Waals surface area contributed by atoms with Crippen molar-refractivity contribution >= 4 is 45.0 Å². The van der Waals surface area contributed by atoms with Crippen LogP contribution in [0.5, 0.6) is 0 Å². The number of benzene rings is 2. The molecule has 0 saturated carbocycles. The topological polar surface area (TPSA) is 75.9 Å². The van der Waals surface area contributed by atoms with Crippen LogP contribution in [-0.2, 0) is 6.54 Å². The molecule has 0 spiro atoms. The van der Waals surface area contributed by atoms with E-state index in [0.717, 1.165) is 26.2 Å². The zero-order valence-corrected chi connectivity index (χ0v) is 17.3. The molecule has 1 unspecified atom stereocenters. The maximum Gasteiger partial charge on any atom is 0.210 e. The Morgan fingerprint density at radius 3 is 2.75 bits per heavy atom. The second-order valence-electron chi connectivity index (χ2n) is 6.65. The minimum atomic E-state index is -0.501. The molecule has 6 nitrogen and oxygen atoms in total. The molecule has 2 N–H and O–H groups in total. The smallest absolute Gasteiger partial charge is 0.210 e. The second-order valence-corrected chi connectivity index (χ2v) is 8.90. The van der Waals surface area contributed by atoms with E-state index in [1.165, 1.54) is 34.2 Å². The molecule has 28 heavy (non-hydrogen) atoms. The van der Waals surface area contributed by atoms with Crippen LogP contribution in [0.4, 0.5) is 10.8 Å². The zero-order chi connectivity index (χ0) is 19.5. The number of nitrogens with one attached hydrogen (secondary N) is 1. The lowest BCUT2D eigenvalue weighted by atomic mass is 10.1. The van der Waals surface area contributed by atoms with Crippen molar-refractivity contribution in [2.24, 2.45) is 0 Å². The standard InChI is InChI=1S/C20H21N5OS2/c1-13-8-17-18(9-14(13)2)25(12-21-17)10-16(26)11-27-20-24-23-19(28-20)22-15-6-4-3-5-7-15/h3-9,12,16,26H,10-11H2,1-2H3,(H,22,23). The fourth-order valence-electron chi connectivity index (χ4n) is 2.87. The van der Waals surface area contributed by atoms with Crippen molar-refractivity contribution in [3.63, 3.8) is 0 Å². The largest absolute Gasteiger partial charge is 0.390 e. The Balaban J connectivity index is 1.35. The number of anilines is 2. The molecule has 0 aliphatic carbocycles. The van der Waals surface area contributed by atoms with Crippen LogP contribution in [-0.4, -0.2) is 36.7 Å². The van der Waals surface area contributed by atoms with Crippen molar-refractivity contribution in [2.75, 3.05) is 11.1 Å². The Morgan fingerprint density at radius 2 is 1.93 bits per heavy atom. The molecule has 0 radical (unpaired) electrons. The lowest BCUT2D eigenvalue weighted by Crippen LogP contribution is -2.18. The van der Waals surface area contributed by atoms with Crippen molar-refractivity contribution in [1.82, 2.24) is 19.7 Å². The highest BCUT2D eigenvalue weighted by atomic mass is 32.2. The van der Waals surface area contributed by atoms with Gasteiger partial charge >= 0.3 is 0 Å². The highest BCUT2D eigenvalue weighted by Gasteiger charge is 2.12. The first-order valence-electron chi connectivity index (χ1n) is 8.97. The predicted molar refractivity (Wildman–Crippen MR) is 116 cm³/mol. The number of aliphatic hydroxyl groups is 1. The molecular weight excluding hydrogens is 390 g/mol. The summed E-state index contributed by atoms with van der Waals surface area (Å²) >= 11 is 3.00. The first-order chi connectivity index (χ1) is 13.6. The first-order valence-corrected chi connectivity index (χ1v) is 10.8. The van der Waals surface area contributed by atoms with Gasteiger partial charge in [-0.2, -0.15) is 0 Å². The van der Waals surface area contributed by atoms with Crippen molar-refractivity contribution in [1.29, 1.82) is 0 Å². The van der Waals surface area contributed by atoms with E-state index in [1.807, 2.05) is 34.9 Å². The van der Waals surface area contributed by atoms with Gasteiger partial charge in [-0.25, -0.2) is 4.98 Å². The van der Waals surface area contributed by atoms with Gasteiger partial charge in [0.25, 0.3) is 0 Å². The average molecular weight is 412 g/mol. The Kier molecular flexibility index (Phi) is 5.61. The van der Waals surface area contributed by atoms with E-state index in [9.17, 15) is 5.11 Å². The number of hydrogen-bond donors (Lipinski definition) is 2. The highest BCUT2D eigenvalue weighted by Crippen LogP contribution is 2.28. The monoisotopic (exact) mass is 411 g/mol. The fraction of sp³-hybridized carbons (Fsp3) is 0.250. The van der Waals surface area contributed by atoms with Crippen LogP contribution >= 0.6 is 23.1 Å². The zero-order valence-electron chi connectivity index (χ0n) is 15.7. The van der Waals surface area contributed by atoms with E-state index >= 15 is 0 Å². The van der Waals surface area contributed by atoms with Gasteiger partial charge in [0.1, 0.15) is 0 Å². The summed E-state index contributed by atoms with van der Waals surface area (Å²) in [7, 11) is 0. The van der Waals surface area contributed by atoms with E-state index in [0.29, 0.717) is 12.3 Å². The molecule has 8 heteroatoms. The molecule has 0 aliphatic heterocycles. The molecule has 0 aliphatic rings. The van der Waals surface area contributed by atoms with E-state index in [1.54, 1.807) is 6.33 Å². The maximum absolute atomic E-state index is 10.5. The van der Waals surface area contributed by atoms with Crippen molar-refractivity contribution in [3.8, 4) is 0 Å². The number of para-hydroxylation sites is 1. The SMILES string of the molecule is Cc1cc2ncn(CC(O)CSc3nnc(Nc4ccccc4)s3)c2cc1C. The van der Waals surface area contributed by atoms with Crippen molar-refractivity contribution in [3.05, 3.63) is 59.9 Å². The Labute approximate surface area is 171 Å². The molecule has 1 atom stereocenters. The molecule has 2 aromatic carbocycles. The minimum absolute atomic E-state index is 0.500. The number of hydrogen-bond acceptors (Lipinski definition) is 7. The summed E-state index contributed by atoms with van der Waals surface area (Å²) in [6.07, 6.45) is 1.29. The van der Waals surface area contributed by atoms with Gasteiger partial charge < -0.3 is 15.0 Å². The van der Waals surface area contributed by atoms with Crippen molar-refractivity contribution in [2.45, 2.75) is 30.8 Å². The summed E-state index contributed by atoms with van der Waals surface area (Å²) in [4.78, 5) is 4.45. The third-order valence-electron chi connectivity index (χ3n) is 4.47. The summed E-state index contributed by atoms with van der Waals surface area (Å²) in [5.74, 6) is 0.546. The lowest BCUT2D eigenvalue weighted by molar-refractivity contribution is 0.179. The van der Waals surface area contributed by atoms with Crippen LogP contribution < -0.4 is 5.32 Å². The molecule has 2 heterocycles. The van der Waals surface area contributed by atoms with Crippen LogP contribution in [0, 0.1) is 13.8 Å². The Hall–Kier alpha value is -2.42. The van der Waals surface area contributed by atoms with Crippen LogP contribution in [0.15, 0.2) is 53.1 Å². The van der Waals surface area contributed by atoms with Gasteiger partial charge in [0.15, 0.2) is 4.34 Å². The van der Waals surface area contributed by atoms with Crippen molar-refractivity contribution < 1.29 is 5.11 Å². The van der Waals surface area contributed by atoms with Crippen LogP contribution in [0.3, 0.4) is 0 Å². The van der Waals surface area contributed by atoms with E-state index in [4.69, 9.17) is 0 Å². The molecule has 0 saturated heterocycles. The number of rotatable bonds is 7. The quantitative estimate of drug-likeness (QED) is 0.439. The summed E-state index contributed by atoms with van der Waals surface area (Å²) in [5.41, 5.74) is 5.45. The number of fused-ring (bicyclic) bond motifs is 1. The molecule has 4 rings (SSSR count). The Morgan fingerprint density at radius 1 is 1.14 bits per heavy atom. The summed E-state index contributed by atoms with van der Waals surface area (Å²) in [6, 6.07) is 14.1. The first kappa shape index (κ1) is 18.9. The summed E-state index contributed by atoms with van der Waals surface area (Å²) in [5, 5.41) is 22.8. The number of imidazole rings is 1. The van der Waals surface area contributed by atoms with Gasteiger partial charge in [-0.1, -0.05) is 41.3 Å². The molecule has 0 amide bonds. The van der Waals surface area contributed by atoms with Crippen LogP contribution in [0.2, 0.25) is 0 Å². The second kappa shape index (κ2) is 8.30. The van der Waals surface area contributed by atoms with E-state index in [-0.39, 0.29) is 0 Å². The number of nitrogens with zero attached hydrogens (tertiary/aromatic N) is 4. The van der Waals surface area contributed by atoms with E-state index in [2.05, 4.69) is 46.5 Å². The molecule has 0 bridgehead atoms. The minimum Gasteiger partial charge on any atom is -0.390 e. The molecule has 0 fully saturated rings. The normalized spacial score (nSPS) is 12.4. The number of thioether (sulfide) groups is 1. The Bertz CT molecular complexity index is 1080.